The van der Waals surface area contributed by atoms with E-state index in [0.29, 0.717) is 11.6 Å². The molecular formula is C16H21ClN2O2S. The molecule has 1 unspecified atom stereocenters. The maximum absolute atomic E-state index is 12.4. The normalized spacial score (nSPS) is 16.9. The van der Waals surface area contributed by atoms with E-state index in [1.807, 2.05) is 17.9 Å². The number of amides is 2. The van der Waals surface area contributed by atoms with Crippen LogP contribution in [-0.2, 0) is 9.59 Å². The summed E-state index contributed by atoms with van der Waals surface area (Å²) in [6, 6.07) is 5.41. The number of nitrogens with zero attached hydrogens (tertiary/aromatic N) is 1. The van der Waals surface area contributed by atoms with Gasteiger partial charge in [-0.15, -0.1) is 11.8 Å². The molecule has 0 radical (unpaired) electrons. The number of thioether (sulfide) groups is 1. The average molecular weight is 341 g/mol. The Labute approximate surface area is 140 Å². The summed E-state index contributed by atoms with van der Waals surface area (Å²) in [5.41, 5.74) is 0.726. The van der Waals surface area contributed by atoms with Gasteiger partial charge < -0.3 is 10.2 Å². The molecule has 22 heavy (non-hydrogen) atoms. The molecule has 0 aromatic heterocycles. The highest BCUT2D eigenvalue weighted by molar-refractivity contribution is 8.01. The van der Waals surface area contributed by atoms with Gasteiger partial charge in [0.15, 0.2) is 0 Å². The first-order valence-corrected chi connectivity index (χ1v) is 8.85. The van der Waals surface area contributed by atoms with Gasteiger partial charge in [0.2, 0.25) is 11.8 Å². The van der Waals surface area contributed by atoms with E-state index < -0.39 is 0 Å². The summed E-state index contributed by atoms with van der Waals surface area (Å²) in [5, 5.41) is 3.05. The number of fused-ring (bicyclic) bond motifs is 1. The van der Waals surface area contributed by atoms with Crippen LogP contribution in [0.2, 0.25) is 5.02 Å². The SMILES string of the molecule is CCCCN(CC)C(=O)CC1Sc2ccc(Cl)cc2NC1=O. The Morgan fingerprint density at radius 3 is 2.86 bits per heavy atom. The molecule has 1 aromatic carbocycles. The average Bonchev–Trinajstić information content (AvgIpc) is 2.49. The van der Waals surface area contributed by atoms with E-state index in [2.05, 4.69) is 12.2 Å². The van der Waals surface area contributed by atoms with Crippen molar-refractivity contribution in [3.05, 3.63) is 23.2 Å². The smallest absolute Gasteiger partial charge is 0.238 e. The summed E-state index contributed by atoms with van der Waals surface area (Å²) in [7, 11) is 0. The second-order valence-corrected chi connectivity index (χ2v) is 6.95. The molecule has 0 spiro atoms. The minimum atomic E-state index is -0.378. The minimum Gasteiger partial charge on any atom is -0.343 e. The number of benzene rings is 1. The van der Waals surface area contributed by atoms with Crippen LogP contribution in [0.4, 0.5) is 5.69 Å². The van der Waals surface area contributed by atoms with Crippen LogP contribution in [0.25, 0.3) is 0 Å². The first-order chi connectivity index (χ1) is 10.5. The lowest BCUT2D eigenvalue weighted by atomic mass is 10.2. The Bertz CT molecular complexity index is 565. The number of carbonyl (C=O) groups is 2. The number of nitrogens with one attached hydrogen (secondary N) is 1. The molecule has 1 atom stereocenters. The predicted octanol–water partition coefficient (Wildman–Crippen LogP) is 3.79. The third kappa shape index (κ3) is 4.17. The van der Waals surface area contributed by atoms with Crippen molar-refractivity contribution in [2.45, 2.75) is 43.3 Å². The van der Waals surface area contributed by atoms with Crippen molar-refractivity contribution in [1.82, 2.24) is 4.90 Å². The van der Waals surface area contributed by atoms with Crippen LogP contribution in [-0.4, -0.2) is 35.1 Å². The second-order valence-electron chi connectivity index (χ2n) is 5.27. The highest BCUT2D eigenvalue weighted by Gasteiger charge is 2.30. The largest absolute Gasteiger partial charge is 0.343 e. The van der Waals surface area contributed by atoms with Crippen LogP contribution in [0.3, 0.4) is 0 Å². The Hall–Kier alpha value is -1.20. The molecule has 2 rings (SSSR count). The van der Waals surface area contributed by atoms with Crippen LogP contribution < -0.4 is 5.32 Å². The van der Waals surface area contributed by atoms with Crippen molar-refractivity contribution >= 4 is 40.9 Å². The standard InChI is InChI=1S/C16H21ClN2O2S/c1-3-5-8-19(4-2)15(20)10-14-16(21)18-12-9-11(17)6-7-13(12)22-14/h6-7,9,14H,3-5,8,10H2,1-2H3,(H,18,21). The van der Waals surface area contributed by atoms with Gasteiger partial charge in [0, 0.05) is 29.4 Å². The highest BCUT2D eigenvalue weighted by atomic mass is 35.5. The zero-order valence-electron chi connectivity index (χ0n) is 12.9. The van der Waals surface area contributed by atoms with Gasteiger partial charge >= 0.3 is 0 Å². The van der Waals surface area contributed by atoms with E-state index in [9.17, 15) is 9.59 Å². The summed E-state index contributed by atoms with van der Waals surface area (Å²) in [4.78, 5) is 27.3. The van der Waals surface area contributed by atoms with E-state index in [4.69, 9.17) is 11.6 Å². The summed E-state index contributed by atoms with van der Waals surface area (Å²) >= 11 is 7.37. The molecule has 1 N–H and O–H groups in total. The van der Waals surface area contributed by atoms with Crippen LogP contribution >= 0.6 is 23.4 Å². The summed E-state index contributed by atoms with van der Waals surface area (Å²) in [5.74, 6) is -0.0827. The molecule has 4 nitrogen and oxygen atoms in total. The molecule has 0 aliphatic carbocycles. The Morgan fingerprint density at radius 1 is 1.41 bits per heavy atom. The number of rotatable bonds is 6. The third-order valence-electron chi connectivity index (χ3n) is 3.64. The van der Waals surface area contributed by atoms with Gasteiger partial charge in [-0.25, -0.2) is 0 Å². The quantitative estimate of drug-likeness (QED) is 0.857. The summed E-state index contributed by atoms with van der Waals surface area (Å²) in [6.07, 6.45) is 2.28. The maximum Gasteiger partial charge on any atom is 0.238 e. The van der Waals surface area contributed by atoms with Gasteiger partial charge in [-0.3, -0.25) is 9.59 Å². The summed E-state index contributed by atoms with van der Waals surface area (Å²) in [6.45, 7) is 5.52. The number of anilines is 1. The molecule has 1 heterocycles. The van der Waals surface area contributed by atoms with E-state index in [1.54, 1.807) is 12.1 Å². The third-order valence-corrected chi connectivity index (χ3v) is 5.15. The molecule has 2 amide bonds. The van der Waals surface area contributed by atoms with Crippen molar-refractivity contribution in [3.8, 4) is 0 Å². The van der Waals surface area contributed by atoms with Crippen LogP contribution in [0.15, 0.2) is 23.1 Å². The van der Waals surface area contributed by atoms with Gasteiger partial charge in [0.1, 0.15) is 0 Å². The molecule has 1 aliphatic rings. The fourth-order valence-corrected chi connectivity index (χ4v) is 3.61. The Morgan fingerprint density at radius 2 is 2.18 bits per heavy atom. The van der Waals surface area contributed by atoms with E-state index in [0.717, 1.165) is 30.0 Å². The van der Waals surface area contributed by atoms with Crippen molar-refractivity contribution in [2.24, 2.45) is 0 Å². The molecule has 1 aliphatic heterocycles. The fourth-order valence-electron chi connectivity index (χ4n) is 2.35. The number of halogens is 1. The first kappa shape index (κ1) is 17.2. The van der Waals surface area contributed by atoms with Crippen LogP contribution in [0.1, 0.15) is 33.1 Å². The number of hydrogen-bond acceptors (Lipinski definition) is 3. The second kappa shape index (κ2) is 7.88. The lowest BCUT2D eigenvalue weighted by Crippen LogP contribution is -2.38. The molecule has 120 valence electrons. The van der Waals surface area contributed by atoms with Crippen molar-refractivity contribution in [1.29, 1.82) is 0 Å². The Kier molecular flexibility index (Phi) is 6.15. The highest BCUT2D eigenvalue weighted by Crippen LogP contribution is 2.38. The predicted molar refractivity (Wildman–Crippen MR) is 91.5 cm³/mol. The molecule has 0 saturated heterocycles. The van der Waals surface area contributed by atoms with E-state index in [-0.39, 0.29) is 23.5 Å². The van der Waals surface area contributed by atoms with E-state index >= 15 is 0 Å². The van der Waals surface area contributed by atoms with Crippen LogP contribution in [0, 0.1) is 0 Å². The van der Waals surface area contributed by atoms with Crippen molar-refractivity contribution < 1.29 is 9.59 Å². The summed E-state index contributed by atoms with van der Waals surface area (Å²) < 4.78 is 0. The molecule has 1 aromatic rings. The van der Waals surface area contributed by atoms with E-state index in [1.165, 1.54) is 11.8 Å². The van der Waals surface area contributed by atoms with Gasteiger partial charge in [-0.1, -0.05) is 24.9 Å². The van der Waals surface area contributed by atoms with Gasteiger partial charge in [0.25, 0.3) is 0 Å². The lowest BCUT2D eigenvalue weighted by Gasteiger charge is -2.27. The number of hydrogen-bond donors (Lipinski definition) is 1. The van der Waals surface area contributed by atoms with Gasteiger partial charge in [-0.05, 0) is 31.5 Å². The molecule has 0 bridgehead atoms. The molecular weight excluding hydrogens is 320 g/mol. The first-order valence-electron chi connectivity index (χ1n) is 7.60. The fraction of sp³-hybridized carbons (Fsp3) is 0.500. The van der Waals surface area contributed by atoms with Gasteiger partial charge in [-0.2, -0.15) is 0 Å². The minimum absolute atomic E-state index is 0.0426. The topological polar surface area (TPSA) is 49.4 Å². The molecule has 0 saturated carbocycles. The number of carbonyl (C=O) groups excluding carboxylic acids is 2. The monoisotopic (exact) mass is 340 g/mol. The van der Waals surface area contributed by atoms with Crippen LogP contribution in [0.5, 0.6) is 0 Å². The van der Waals surface area contributed by atoms with Gasteiger partial charge in [0.05, 0.1) is 10.9 Å². The van der Waals surface area contributed by atoms with Crippen molar-refractivity contribution in [2.75, 3.05) is 18.4 Å². The molecule has 6 heteroatoms. The number of unbranched alkanes of at least 4 members (excludes halogenated alkanes) is 1. The zero-order chi connectivity index (χ0) is 16.1. The lowest BCUT2D eigenvalue weighted by molar-refractivity contribution is -0.132. The Balaban J connectivity index is 2.02. The molecule has 0 fully saturated rings. The van der Waals surface area contributed by atoms with Crippen molar-refractivity contribution in [3.63, 3.8) is 0 Å². The zero-order valence-corrected chi connectivity index (χ0v) is 14.5. The maximum atomic E-state index is 12.4.